The van der Waals surface area contributed by atoms with Gasteiger partial charge >= 0.3 is 0 Å². The minimum atomic E-state index is -0.0597. The molecule has 1 fully saturated rings. The van der Waals surface area contributed by atoms with Gasteiger partial charge in [0.1, 0.15) is 12.3 Å². The van der Waals surface area contributed by atoms with Crippen molar-refractivity contribution < 1.29 is 14.2 Å². The second-order valence-electron chi connectivity index (χ2n) is 6.82. The van der Waals surface area contributed by atoms with Gasteiger partial charge in [0.2, 0.25) is 5.88 Å². The fraction of sp³-hybridized carbons (Fsp3) is 0.429. The third kappa shape index (κ3) is 3.37. The Hall–Kier alpha value is -2.82. The molecule has 7 heteroatoms. The Morgan fingerprint density at radius 3 is 2.96 bits per heavy atom. The van der Waals surface area contributed by atoms with Gasteiger partial charge in [0.15, 0.2) is 6.23 Å². The van der Waals surface area contributed by atoms with Crippen LogP contribution in [0, 0.1) is 12.3 Å². The molecule has 0 aliphatic carbocycles. The fourth-order valence-electron chi connectivity index (χ4n) is 3.57. The molecule has 4 rings (SSSR count). The number of aromatic nitrogens is 4. The Morgan fingerprint density at radius 2 is 2.21 bits per heavy atom. The van der Waals surface area contributed by atoms with Gasteiger partial charge in [0.25, 0.3) is 0 Å². The largest absolute Gasteiger partial charge is 0.475 e. The molecule has 2 aromatic heterocycles. The third-order valence-corrected chi connectivity index (χ3v) is 4.99. The molecular formula is C21H24N4O3. The van der Waals surface area contributed by atoms with Crippen LogP contribution in [-0.4, -0.2) is 46.5 Å². The van der Waals surface area contributed by atoms with Crippen molar-refractivity contribution in [3.05, 3.63) is 30.1 Å². The molecule has 3 aromatic rings. The molecule has 0 N–H and O–H groups in total. The minimum absolute atomic E-state index is 0.0597. The number of hydrogen-bond acceptors (Lipinski definition) is 5. The van der Waals surface area contributed by atoms with Gasteiger partial charge < -0.3 is 14.2 Å². The molecule has 146 valence electrons. The second-order valence-corrected chi connectivity index (χ2v) is 6.82. The normalized spacial score (nSPS) is 17.0. The standard InChI is InChI=1S/C21H24N4O3/c1-4-18-16-13-15(17-14-22-24(2)21(17)28-12-11-26-3)8-9-19(16)25(23-18)20-7-5-6-10-27-20/h1,8-9,13-14,20H,5-7,10-12H2,2-3H3. The van der Waals surface area contributed by atoms with Gasteiger partial charge in [-0.1, -0.05) is 6.07 Å². The number of benzene rings is 1. The van der Waals surface area contributed by atoms with Gasteiger partial charge in [0, 0.05) is 26.2 Å². The van der Waals surface area contributed by atoms with Gasteiger partial charge in [-0.3, -0.25) is 0 Å². The van der Waals surface area contributed by atoms with Crippen molar-refractivity contribution in [3.8, 4) is 29.4 Å². The first kappa shape index (κ1) is 18.5. The van der Waals surface area contributed by atoms with Gasteiger partial charge in [-0.2, -0.15) is 10.2 Å². The second kappa shape index (κ2) is 8.05. The van der Waals surface area contributed by atoms with Crippen LogP contribution in [0.4, 0.5) is 0 Å². The number of aryl methyl sites for hydroxylation is 1. The highest BCUT2D eigenvalue weighted by atomic mass is 16.5. The number of terminal acetylenes is 1. The SMILES string of the molecule is C#Cc1nn(C2CCCCO2)c2ccc(-c3cnn(C)c3OCCOC)cc12. The van der Waals surface area contributed by atoms with E-state index >= 15 is 0 Å². The van der Waals surface area contributed by atoms with Crippen molar-refractivity contribution in [2.75, 3.05) is 26.9 Å². The smallest absolute Gasteiger partial charge is 0.219 e. The number of methoxy groups -OCH3 is 1. The molecule has 1 saturated heterocycles. The summed E-state index contributed by atoms with van der Waals surface area (Å²) in [6.45, 7) is 1.73. The number of hydrogen-bond donors (Lipinski definition) is 0. The van der Waals surface area contributed by atoms with Crippen molar-refractivity contribution >= 4 is 10.9 Å². The molecule has 0 amide bonds. The van der Waals surface area contributed by atoms with E-state index in [4.69, 9.17) is 20.6 Å². The number of ether oxygens (including phenoxy) is 3. The molecule has 0 bridgehead atoms. The summed E-state index contributed by atoms with van der Waals surface area (Å²) in [5, 5.41) is 9.92. The fourth-order valence-corrected chi connectivity index (χ4v) is 3.57. The van der Waals surface area contributed by atoms with Gasteiger partial charge in [-0.05, 0) is 42.9 Å². The van der Waals surface area contributed by atoms with Crippen LogP contribution < -0.4 is 4.74 Å². The topological polar surface area (TPSA) is 63.3 Å². The molecule has 28 heavy (non-hydrogen) atoms. The lowest BCUT2D eigenvalue weighted by molar-refractivity contribution is -0.0367. The Balaban J connectivity index is 1.74. The molecule has 1 aliphatic heterocycles. The number of rotatable bonds is 6. The highest BCUT2D eigenvalue weighted by molar-refractivity contribution is 5.89. The van der Waals surface area contributed by atoms with Crippen LogP contribution in [-0.2, 0) is 16.5 Å². The molecule has 7 nitrogen and oxygen atoms in total. The predicted octanol–water partition coefficient (Wildman–Crippen LogP) is 3.14. The Bertz CT molecular complexity index is 1010. The van der Waals surface area contributed by atoms with E-state index in [1.165, 1.54) is 0 Å². The summed E-state index contributed by atoms with van der Waals surface area (Å²) in [5.74, 6) is 3.41. The quantitative estimate of drug-likeness (QED) is 0.486. The first-order valence-corrected chi connectivity index (χ1v) is 9.47. The summed E-state index contributed by atoms with van der Waals surface area (Å²) in [5.41, 5.74) is 3.49. The van der Waals surface area contributed by atoms with E-state index in [1.54, 1.807) is 18.0 Å². The highest BCUT2D eigenvalue weighted by Gasteiger charge is 2.21. The van der Waals surface area contributed by atoms with Crippen molar-refractivity contribution in [1.29, 1.82) is 0 Å². The zero-order chi connectivity index (χ0) is 19.5. The molecule has 1 unspecified atom stereocenters. The molecule has 0 radical (unpaired) electrons. The van der Waals surface area contributed by atoms with Crippen LogP contribution in [0.3, 0.4) is 0 Å². The van der Waals surface area contributed by atoms with Crippen LogP contribution in [0.25, 0.3) is 22.0 Å². The Labute approximate surface area is 164 Å². The van der Waals surface area contributed by atoms with Crippen LogP contribution in [0.15, 0.2) is 24.4 Å². The molecular weight excluding hydrogens is 356 g/mol. The lowest BCUT2D eigenvalue weighted by Crippen LogP contribution is -2.19. The van der Waals surface area contributed by atoms with Crippen molar-refractivity contribution in [2.45, 2.75) is 25.5 Å². The van der Waals surface area contributed by atoms with E-state index < -0.39 is 0 Å². The summed E-state index contributed by atoms with van der Waals surface area (Å²) in [6, 6.07) is 6.14. The van der Waals surface area contributed by atoms with Crippen LogP contribution >= 0.6 is 0 Å². The van der Waals surface area contributed by atoms with Crippen LogP contribution in [0.5, 0.6) is 5.88 Å². The first-order chi connectivity index (χ1) is 13.7. The van der Waals surface area contributed by atoms with Crippen molar-refractivity contribution in [3.63, 3.8) is 0 Å². The first-order valence-electron chi connectivity index (χ1n) is 9.47. The summed E-state index contributed by atoms with van der Waals surface area (Å²) >= 11 is 0. The zero-order valence-corrected chi connectivity index (χ0v) is 16.2. The van der Waals surface area contributed by atoms with E-state index in [0.29, 0.717) is 24.8 Å². The number of fused-ring (bicyclic) bond motifs is 1. The lowest BCUT2D eigenvalue weighted by Gasteiger charge is -2.23. The summed E-state index contributed by atoms with van der Waals surface area (Å²) < 4.78 is 20.5. The molecule has 1 atom stereocenters. The molecule has 0 spiro atoms. The van der Waals surface area contributed by atoms with Crippen LogP contribution in [0.2, 0.25) is 0 Å². The monoisotopic (exact) mass is 380 g/mol. The van der Waals surface area contributed by atoms with E-state index in [1.807, 2.05) is 23.9 Å². The number of nitrogens with zero attached hydrogens (tertiary/aromatic N) is 4. The average Bonchev–Trinajstić information content (AvgIpc) is 3.29. The average molecular weight is 380 g/mol. The maximum absolute atomic E-state index is 5.91. The van der Waals surface area contributed by atoms with E-state index in [-0.39, 0.29) is 6.23 Å². The Kier molecular flexibility index (Phi) is 5.33. The van der Waals surface area contributed by atoms with E-state index in [9.17, 15) is 0 Å². The molecule has 0 saturated carbocycles. The third-order valence-electron chi connectivity index (χ3n) is 4.99. The maximum Gasteiger partial charge on any atom is 0.219 e. The zero-order valence-electron chi connectivity index (χ0n) is 16.2. The van der Waals surface area contributed by atoms with Crippen LogP contribution in [0.1, 0.15) is 31.2 Å². The summed E-state index contributed by atoms with van der Waals surface area (Å²) in [7, 11) is 3.51. The summed E-state index contributed by atoms with van der Waals surface area (Å²) in [6.07, 6.45) is 10.7. The maximum atomic E-state index is 5.91. The van der Waals surface area contributed by atoms with E-state index in [2.05, 4.69) is 22.2 Å². The predicted molar refractivity (Wildman–Crippen MR) is 106 cm³/mol. The Morgan fingerprint density at radius 1 is 1.32 bits per heavy atom. The van der Waals surface area contributed by atoms with E-state index in [0.717, 1.165) is 47.9 Å². The van der Waals surface area contributed by atoms with Crippen molar-refractivity contribution in [2.24, 2.45) is 7.05 Å². The van der Waals surface area contributed by atoms with Gasteiger partial charge in [-0.25, -0.2) is 9.36 Å². The lowest BCUT2D eigenvalue weighted by atomic mass is 10.1. The molecule has 1 aliphatic rings. The van der Waals surface area contributed by atoms with Gasteiger partial charge in [0.05, 0.1) is 23.9 Å². The van der Waals surface area contributed by atoms with Crippen molar-refractivity contribution in [1.82, 2.24) is 19.6 Å². The summed E-state index contributed by atoms with van der Waals surface area (Å²) in [4.78, 5) is 0. The highest BCUT2D eigenvalue weighted by Crippen LogP contribution is 2.34. The minimum Gasteiger partial charge on any atom is -0.475 e. The molecule has 1 aromatic carbocycles. The molecule has 3 heterocycles. The van der Waals surface area contributed by atoms with Gasteiger partial charge in [-0.15, -0.1) is 6.42 Å².